The molecule has 0 saturated heterocycles. The molecule has 2 aromatic rings. The van der Waals surface area contributed by atoms with Crippen molar-refractivity contribution < 1.29 is 5.11 Å². The molecule has 0 aliphatic carbocycles. The van der Waals surface area contributed by atoms with Crippen LogP contribution in [0.3, 0.4) is 0 Å². The topological polar surface area (TPSA) is 64.1 Å². The van der Waals surface area contributed by atoms with Gasteiger partial charge in [-0.15, -0.1) is 0 Å². The molecular formula is C14H19N3O. The number of imidazole rings is 1. The summed E-state index contributed by atoms with van der Waals surface area (Å²) in [6, 6.07) is 8.02. The van der Waals surface area contributed by atoms with Gasteiger partial charge in [0.2, 0.25) is 0 Å². The largest absolute Gasteiger partial charge is 0.394 e. The van der Waals surface area contributed by atoms with Gasteiger partial charge in [0.15, 0.2) is 0 Å². The lowest BCUT2D eigenvalue weighted by molar-refractivity contribution is 0.262. The van der Waals surface area contributed by atoms with Gasteiger partial charge >= 0.3 is 0 Å². The number of aryl methyl sites for hydroxylation is 1. The van der Waals surface area contributed by atoms with E-state index in [4.69, 9.17) is 5.73 Å². The van der Waals surface area contributed by atoms with E-state index in [0.717, 1.165) is 5.69 Å². The average molecular weight is 245 g/mol. The molecule has 4 nitrogen and oxygen atoms in total. The van der Waals surface area contributed by atoms with E-state index in [-0.39, 0.29) is 18.7 Å². The number of aliphatic hydroxyl groups is 1. The summed E-state index contributed by atoms with van der Waals surface area (Å²) in [7, 11) is 0. The van der Waals surface area contributed by atoms with Crippen molar-refractivity contribution in [2.75, 3.05) is 6.61 Å². The number of nitrogens with two attached hydrogens (primary N) is 1. The number of aromatic nitrogens is 2. The first kappa shape index (κ1) is 12.8. The van der Waals surface area contributed by atoms with Crippen LogP contribution < -0.4 is 5.73 Å². The minimum atomic E-state index is -0.390. The molecule has 0 aliphatic heterocycles. The molecule has 96 valence electrons. The molecular weight excluding hydrogens is 226 g/mol. The van der Waals surface area contributed by atoms with Crippen LogP contribution in [-0.2, 0) is 0 Å². The zero-order valence-electron chi connectivity index (χ0n) is 10.7. The van der Waals surface area contributed by atoms with E-state index >= 15 is 0 Å². The van der Waals surface area contributed by atoms with Crippen LogP contribution in [0.1, 0.15) is 35.8 Å². The maximum absolute atomic E-state index is 9.17. The summed E-state index contributed by atoms with van der Waals surface area (Å²) in [5.41, 5.74) is 9.21. The first-order chi connectivity index (χ1) is 8.65. The third-order valence-electron chi connectivity index (χ3n) is 3.33. The molecule has 2 rings (SSSR count). The van der Waals surface area contributed by atoms with Crippen LogP contribution in [0.4, 0.5) is 0 Å². The molecule has 1 aromatic heterocycles. The fraction of sp³-hybridized carbons (Fsp3) is 0.357. The quantitative estimate of drug-likeness (QED) is 0.863. The van der Waals surface area contributed by atoms with Crippen LogP contribution in [-0.4, -0.2) is 21.3 Å². The molecule has 0 bridgehead atoms. The number of hydrogen-bond donors (Lipinski definition) is 2. The molecule has 0 fully saturated rings. The Kier molecular flexibility index (Phi) is 3.79. The lowest BCUT2D eigenvalue weighted by Gasteiger charge is -2.21. The Morgan fingerprint density at radius 2 is 2.11 bits per heavy atom. The van der Waals surface area contributed by atoms with Crippen molar-refractivity contribution in [3.05, 3.63) is 53.6 Å². The van der Waals surface area contributed by atoms with Crippen molar-refractivity contribution in [1.29, 1.82) is 0 Å². The molecule has 0 amide bonds. The summed E-state index contributed by atoms with van der Waals surface area (Å²) in [5.74, 6) is 0. The maximum atomic E-state index is 9.17. The second-order valence-corrected chi connectivity index (χ2v) is 4.55. The van der Waals surface area contributed by atoms with E-state index < -0.39 is 0 Å². The molecule has 2 atom stereocenters. The summed E-state index contributed by atoms with van der Waals surface area (Å²) >= 11 is 0. The number of aliphatic hydroxyl groups excluding tert-OH is 1. The van der Waals surface area contributed by atoms with E-state index in [1.807, 2.05) is 16.7 Å². The molecule has 0 saturated carbocycles. The fourth-order valence-electron chi connectivity index (χ4n) is 2.22. The van der Waals surface area contributed by atoms with E-state index in [1.165, 1.54) is 11.1 Å². The summed E-state index contributed by atoms with van der Waals surface area (Å²) in [5, 5.41) is 9.17. The minimum Gasteiger partial charge on any atom is -0.394 e. The first-order valence-corrected chi connectivity index (χ1v) is 6.08. The SMILES string of the molecule is Cc1ccccc1C(C)n1cncc1C(N)CO. The van der Waals surface area contributed by atoms with Crippen LogP contribution in [0.15, 0.2) is 36.8 Å². The molecule has 4 heteroatoms. The van der Waals surface area contributed by atoms with Crippen molar-refractivity contribution >= 4 is 0 Å². The number of hydrogen-bond acceptors (Lipinski definition) is 3. The first-order valence-electron chi connectivity index (χ1n) is 6.08. The summed E-state index contributed by atoms with van der Waals surface area (Å²) in [6.07, 6.45) is 3.48. The van der Waals surface area contributed by atoms with E-state index in [2.05, 4.69) is 31.0 Å². The Bertz CT molecular complexity index is 521. The van der Waals surface area contributed by atoms with Gasteiger partial charge in [-0.3, -0.25) is 0 Å². The predicted octanol–water partition coefficient (Wildman–Crippen LogP) is 1.79. The normalized spacial score (nSPS) is 14.4. The zero-order chi connectivity index (χ0) is 13.1. The zero-order valence-corrected chi connectivity index (χ0v) is 10.7. The summed E-state index contributed by atoms with van der Waals surface area (Å²) in [4.78, 5) is 4.14. The van der Waals surface area contributed by atoms with Gasteiger partial charge in [-0.1, -0.05) is 24.3 Å². The second-order valence-electron chi connectivity index (χ2n) is 4.55. The highest BCUT2D eigenvalue weighted by atomic mass is 16.3. The van der Waals surface area contributed by atoms with Gasteiger partial charge in [-0.25, -0.2) is 4.98 Å². The van der Waals surface area contributed by atoms with Gasteiger partial charge < -0.3 is 15.4 Å². The number of benzene rings is 1. The van der Waals surface area contributed by atoms with Crippen LogP contribution in [0.2, 0.25) is 0 Å². The number of rotatable bonds is 4. The third kappa shape index (κ3) is 2.30. The van der Waals surface area contributed by atoms with E-state index in [0.29, 0.717) is 0 Å². The molecule has 3 N–H and O–H groups in total. The van der Waals surface area contributed by atoms with E-state index in [9.17, 15) is 5.11 Å². The monoisotopic (exact) mass is 245 g/mol. The van der Waals surface area contributed by atoms with Crippen molar-refractivity contribution in [1.82, 2.24) is 9.55 Å². The fourth-order valence-corrected chi connectivity index (χ4v) is 2.22. The van der Waals surface area contributed by atoms with Gasteiger partial charge in [-0.2, -0.15) is 0 Å². The van der Waals surface area contributed by atoms with E-state index in [1.54, 1.807) is 12.5 Å². The van der Waals surface area contributed by atoms with Gasteiger partial charge in [0, 0.05) is 6.20 Å². The lowest BCUT2D eigenvalue weighted by atomic mass is 10.0. The third-order valence-corrected chi connectivity index (χ3v) is 3.33. The maximum Gasteiger partial charge on any atom is 0.0954 e. The summed E-state index contributed by atoms with van der Waals surface area (Å²) < 4.78 is 2.02. The Morgan fingerprint density at radius 3 is 2.78 bits per heavy atom. The molecule has 0 spiro atoms. The van der Waals surface area contributed by atoms with Gasteiger partial charge in [0.25, 0.3) is 0 Å². The molecule has 18 heavy (non-hydrogen) atoms. The Morgan fingerprint density at radius 1 is 1.39 bits per heavy atom. The molecule has 2 unspecified atom stereocenters. The lowest BCUT2D eigenvalue weighted by Crippen LogP contribution is -2.21. The molecule has 0 radical (unpaired) electrons. The Labute approximate surface area is 107 Å². The standard InChI is InChI=1S/C14H19N3O/c1-10-5-3-4-6-12(10)11(2)17-9-16-7-14(17)13(15)8-18/h3-7,9,11,13,18H,8,15H2,1-2H3. The van der Waals surface area contributed by atoms with Crippen LogP contribution in [0, 0.1) is 6.92 Å². The van der Waals surface area contributed by atoms with Crippen molar-refractivity contribution in [3.8, 4) is 0 Å². The van der Waals surface area contributed by atoms with Crippen molar-refractivity contribution in [3.63, 3.8) is 0 Å². The van der Waals surface area contributed by atoms with Crippen LogP contribution >= 0.6 is 0 Å². The minimum absolute atomic E-state index is 0.0772. The molecule has 1 heterocycles. The van der Waals surface area contributed by atoms with Crippen molar-refractivity contribution in [2.24, 2.45) is 5.73 Å². The highest BCUT2D eigenvalue weighted by Gasteiger charge is 2.16. The average Bonchev–Trinajstić information content (AvgIpc) is 2.86. The molecule has 0 aliphatic rings. The Hall–Kier alpha value is -1.65. The predicted molar refractivity (Wildman–Crippen MR) is 71.2 cm³/mol. The van der Waals surface area contributed by atoms with Gasteiger partial charge in [0.1, 0.15) is 0 Å². The van der Waals surface area contributed by atoms with Gasteiger partial charge in [0.05, 0.1) is 30.7 Å². The molecule has 1 aromatic carbocycles. The highest BCUT2D eigenvalue weighted by Crippen LogP contribution is 2.24. The Balaban J connectivity index is 2.38. The van der Waals surface area contributed by atoms with Crippen LogP contribution in [0.25, 0.3) is 0 Å². The summed E-state index contributed by atoms with van der Waals surface area (Å²) in [6.45, 7) is 4.12. The van der Waals surface area contributed by atoms with Gasteiger partial charge in [-0.05, 0) is 25.0 Å². The second kappa shape index (κ2) is 5.33. The van der Waals surface area contributed by atoms with Crippen molar-refractivity contribution in [2.45, 2.75) is 25.9 Å². The highest BCUT2D eigenvalue weighted by molar-refractivity contribution is 5.29. The number of nitrogens with zero attached hydrogens (tertiary/aromatic N) is 2. The van der Waals surface area contributed by atoms with Crippen LogP contribution in [0.5, 0.6) is 0 Å². The smallest absolute Gasteiger partial charge is 0.0954 e.